The van der Waals surface area contributed by atoms with Crippen molar-refractivity contribution in [1.82, 2.24) is 29.2 Å². The van der Waals surface area contributed by atoms with Gasteiger partial charge in [-0.05, 0) is 73.9 Å². The number of nitrogens with zero attached hydrogens (tertiary/aromatic N) is 5. The lowest BCUT2D eigenvalue weighted by molar-refractivity contribution is -0.134. The number of nitrogens with one attached hydrogen (secondary N) is 1. The van der Waals surface area contributed by atoms with Gasteiger partial charge >= 0.3 is 0 Å². The molecule has 10 nitrogen and oxygen atoms in total. The van der Waals surface area contributed by atoms with Gasteiger partial charge in [-0.3, -0.25) is 14.4 Å². The Morgan fingerprint density at radius 3 is 2.59 bits per heavy atom. The number of hydrogen-bond acceptors (Lipinski definition) is 7. The van der Waals surface area contributed by atoms with Crippen molar-refractivity contribution in [1.29, 1.82) is 0 Å². The van der Waals surface area contributed by atoms with Crippen molar-refractivity contribution in [3.63, 3.8) is 0 Å². The zero-order valence-corrected chi connectivity index (χ0v) is 29.7. The van der Waals surface area contributed by atoms with Crippen LogP contribution in [0.3, 0.4) is 0 Å². The molecule has 1 aromatic heterocycles. The molecule has 1 unspecified atom stereocenters. The summed E-state index contributed by atoms with van der Waals surface area (Å²) in [6.45, 7) is 10.5. The fraction of sp³-hybridized carbons (Fsp3) is 0.526. The molecule has 2 saturated heterocycles. The van der Waals surface area contributed by atoms with E-state index in [1.807, 2.05) is 4.90 Å². The Bertz CT molecular complexity index is 1860. The third-order valence-corrected chi connectivity index (χ3v) is 11.8. The maximum atomic E-state index is 13.2. The van der Waals surface area contributed by atoms with E-state index in [0.717, 1.165) is 111 Å². The minimum atomic E-state index is -3.33. The van der Waals surface area contributed by atoms with Gasteiger partial charge in [0, 0.05) is 93.3 Å². The molecule has 260 valence electrons. The first-order chi connectivity index (χ1) is 23.7. The molecule has 11 heteroatoms. The molecule has 3 aromatic rings. The quantitative estimate of drug-likeness (QED) is 0.382. The van der Waals surface area contributed by atoms with Crippen LogP contribution in [0, 0.1) is 18.8 Å². The van der Waals surface area contributed by atoms with Gasteiger partial charge in [-0.15, -0.1) is 0 Å². The number of carbonyl (C=O) groups is 1. The fourth-order valence-corrected chi connectivity index (χ4v) is 8.37. The van der Waals surface area contributed by atoms with Crippen LogP contribution in [0.2, 0.25) is 0 Å². The Labute approximate surface area is 290 Å². The molecular weight excluding hydrogens is 637 g/mol. The second kappa shape index (κ2) is 14.8. The predicted molar refractivity (Wildman–Crippen MR) is 190 cm³/mol. The average molecular weight is 685 g/mol. The maximum absolute atomic E-state index is 13.2. The summed E-state index contributed by atoms with van der Waals surface area (Å²) in [5.74, 6) is 7.04. The third-order valence-electron chi connectivity index (χ3n) is 10.5. The van der Waals surface area contributed by atoms with Gasteiger partial charge in [0.2, 0.25) is 15.9 Å². The van der Waals surface area contributed by atoms with Gasteiger partial charge in [0.15, 0.2) is 0 Å². The molecule has 0 radical (unpaired) electrons. The molecule has 7 rings (SSSR count). The number of likely N-dealkylation sites (tertiary alicyclic amines) is 1. The summed E-state index contributed by atoms with van der Waals surface area (Å²) in [4.78, 5) is 17.7. The molecule has 4 aliphatic heterocycles. The van der Waals surface area contributed by atoms with E-state index in [4.69, 9.17) is 9.84 Å². The number of morpholine rings is 1. The molecule has 2 fully saturated rings. The van der Waals surface area contributed by atoms with Crippen LogP contribution >= 0.6 is 0 Å². The van der Waals surface area contributed by atoms with Crippen LogP contribution in [0.25, 0.3) is 11.3 Å². The summed E-state index contributed by atoms with van der Waals surface area (Å²) in [5.41, 5.74) is 9.23. The number of aryl methyl sites for hydroxylation is 2. The summed E-state index contributed by atoms with van der Waals surface area (Å²) in [6, 6.07) is 12.4. The van der Waals surface area contributed by atoms with Crippen molar-refractivity contribution in [2.24, 2.45) is 0 Å². The monoisotopic (exact) mass is 684 g/mol. The molecular formula is C38H48N6O4S. The Balaban J connectivity index is 1.12. The van der Waals surface area contributed by atoms with Crippen molar-refractivity contribution in [2.45, 2.75) is 71.1 Å². The van der Waals surface area contributed by atoms with Crippen molar-refractivity contribution in [3.05, 3.63) is 75.5 Å². The summed E-state index contributed by atoms with van der Waals surface area (Å²) in [7, 11) is -3.33. The second-order valence-electron chi connectivity index (χ2n) is 13.9. The van der Waals surface area contributed by atoms with Crippen LogP contribution in [0.5, 0.6) is 0 Å². The molecule has 1 amide bonds. The Morgan fingerprint density at radius 1 is 0.980 bits per heavy atom. The standard InChI is InChI=1S/C38H48N6O4S/c1-28-7-10-31(37-34-27-43(49(2,46)47)18-13-36(34)44(40-37)17-6-14-41-19-21-48-22-20-41)24-30(28)11-8-29-9-12-32-26-39-35(25-33(32)23-29)38(45)42-15-4-3-5-16-42/h7,9-10,12,23-24,35,39H,3-6,13-22,25-27H2,1-2H3. The molecule has 1 atom stereocenters. The summed E-state index contributed by atoms with van der Waals surface area (Å²) >= 11 is 0. The van der Waals surface area contributed by atoms with E-state index in [0.29, 0.717) is 32.5 Å². The number of rotatable bonds is 7. The van der Waals surface area contributed by atoms with Gasteiger partial charge in [-0.1, -0.05) is 30.0 Å². The van der Waals surface area contributed by atoms with Crippen LogP contribution in [0.1, 0.15) is 64.8 Å². The Kier molecular flexibility index (Phi) is 10.2. The molecule has 0 saturated carbocycles. The first kappa shape index (κ1) is 33.9. The van der Waals surface area contributed by atoms with E-state index in [-0.39, 0.29) is 11.9 Å². The lowest BCUT2D eigenvalue weighted by atomic mass is 9.93. The highest BCUT2D eigenvalue weighted by molar-refractivity contribution is 7.88. The highest BCUT2D eigenvalue weighted by atomic mass is 32.2. The van der Waals surface area contributed by atoms with Crippen LogP contribution in [-0.2, 0) is 52.0 Å². The number of benzene rings is 2. The molecule has 5 heterocycles. The molecule has 0 aliphatic carbocycles. The lowest BCUT2D eigenvalue weighted by Gasteiger charge is -2.33. The lowest BCUT2D eigenvalue weighted by Crippen LogP contribution is -2.50. The van der Waals surface area contributed by atoms with Crippen molar-refractivity contribution in [3.8, 4) is 23.1 Å². The average Bonchev–Trinajstić information content (AvgIpc) is 3.49. The van der Waals surface area contributed by atoms with Gasteiger partial charge in [-0.25, -0.2) is 8.42 Å². The van der Waals surface area contributed by atoms with Crippen LogP contribution < -0.4 is 5.32 Å². The number of aromatic nitrogens is 2. The van der Waals surface area contributed by atoms with Gasteiger partial charge in [-0.2, -0.15) is 9.40 Å². The van der Waals surface area contributed by atoms with Gasteiger partial charge in [0.25, 0.3) is 0 Å². The molecule has 2 aromatic carbocycles. The Morgan fingerprint density at radius 2 is 1.80 bits per heavy atom. The largest absolute Gasteiger partial charge is 0.379 e. The minimum Gasteiger partial charge on any atom is -0.379 e. The van der Waals surface area contributed by atoms with E-state index in [1.54, 1.807) is 4.31 Å². The number of carbonyl (C=O) groups excluding carboxylic acids is 1. The number of amides is 1. The van der Waals surface area contributed by atoms with E-state index >= 15 is 0 Å². The third kappa shape index (κ3) is 7.79. The summed E-state index contributed by atoms with van der Waals surface area (Å²) in [5, 5.41) is 8.58. The molecule has 4 aliphatic rings. The first-order valence-corrected chi connectivity index (χ1v) is 19.7. The number of fused-ring (bicyclic) bond motifs is 2. The van der Waals surface area contributed by atoms with E-state index < -0.39 is 10.0 Å². The number of ether oxygens (including phenoxy) is 1. The first-order valence-electron chi connectivity index (χ1n) is 17.8. The SMILES string of the molecule is Cc1ccc(-c2nn(CCCN3CCOCC3)c3c2CN(S(C)(=O)=O)CC3)cc1C#Cc1ccc2c(c1)CC(C(=O)N1CCCCC1)NC2. The van der Waals surface area contributed by atoms with E-state index in [9.17, 15) is 13.2 Å². The van der Waals surface area contributed by atoms with Crippen molar-refractivity contribution >= 4 is 15.9 Å². The minimum absolute atomic E-state index is 0.184. The second-order valence-corrected chi connectivity index (χ2v) is 15.9. The number of piperidine rings is 1. The maximum Gasteiger partial charge on any atom is 0.240 e. The van der Waals surface area contributed by atoms with Crippen molar-refractivity contribution in [2.75, 3.05) is 58.7 Å². The topological polar surface area (TPSA) is 100 Å². The summed E-state index contributed by atoms with van der Waals surface area (Å²) < 4.78 is 34.3. The number of hydrogen-bond donors (Lipinski definition) is 1. The van der Waals surface area contributed by atoms with Crippen LogP contribution in [0.4, 0.5) is 0 Å². The molecule has 1 N–H and O–H groups in total. The molecule has 0 spiro atoms. The van der Waals surface area contributed by atoms with Gasteiger partial charge in [0.1, 0.15) is 0 Å². The van der Waals surface area contributed by atoms with Crippen molar-refractivity contribution < 1.29 is 17.9 Å². The smallest absolute Gasteiger partial charge is 0.240 e. The fourth-order valence-electron chi connectivity index (χ4n) is 7.58. The normalized spacial score (nSPS) is 20.3. The zero-order valence-electron chi connectivity index (χ0n) is 28.8. The van der Waals surface area contributed by atoms with Crippen LogP contribution in [-0.4, -0.2) is 103 Å². The van der Waals surface area contributed by atoms with E-state index in [1.165, 1.54) is 23.8 Å². The Hall–Kier alpha value is -3.53. The molecule has 0 bridgehead atoms. The molecule has 49 heavy (non-hydrogen) atoms. The number of sulfonamides is 1. The zero-order chi connectivity index (χ0) is 34.0. The van der Waals surface area contributed by atoms with E-state index in [2.05, 4.69) is 70.1 Å². The summed E-state index contributed by atoms with van der Waals surface area (Å²) in [6.07, 6.45) is 6.97. The highest BCUT2D eigenvalue weighted by Gasteiger charge is 2.31. The highest BCUT2D eigenvalue weighted by Crippen LogP contribution is 2.32. The van der Waals surface area contributed by atoms with Crippen LogP contribution in [0.15, 0.2) is 36.4 Å². The van der Waals surface area contributed by atoms with Gasteiger partial charge < -0.3 is 15.0 Å². The predicted octanol–water partition coefficient (Wildman–Crippen LogP) is 3.33. The van der Waals surface area contributed by atoms with Gasteiger partial charge in [0.05, 0.1) is 31.2 Å².